The van der Waals surface area contributed by atoms with Gasteiger partial charge in [-0.1, -0.05) is 25.0 Å². The van der Waals surface area contributed by atoms with Crippen LogP contribution >= 0.6 is 24.0 Å². The average Bonchev–Trinajstić information content (AvgIpc) is 3.05. The van der Waals surface area contributed by atoms with E-state index in [4.69, 9.17) is 0 Å². The summed E-state index contributed by atoms with van der Waals surface area (Å²) < 4.78 is 38.5. The molecule has 2 fully saturated rings. The Bertz CT molecular complexity index is 743. The highest BCUT2D eigenvalue weighted by Gasteiger charge is 2.35. The van der Waals surface area contributed by atoms with E-state index >= 15 is 0 Å². The fraction of sp³-hybridized carbons (Fsp3) is 0.632. The van der Waals surface area contributed by atoms with Gasteiger partial charge in [-0.2, -0.15) is 0 Å². The van der Waals surface area contributed by atoms with Gasteiger partial charge in [0, 0.05) is 19.6 Å². The Morgan fingerprint density at radius 1 is 1.22 bits per heavy atom. The summed E-state index contributed by atoms with van der Waals surface area (Å²) in [6.45, 7) is 4.87. The van der Waals surface area contributed by atoms with Crippen LogP contribution in [-0.4, -0.2) is 51.2 Å². The van der Waals surface area contributed by atoms with Crippen LogP contribution in [0, 0.1) is 17.7 Å². The third-order valence-corrected chi connectivity index (χ3v) is 7.13. The van der Waals surface area contributed by atoms with E-state index in [1.807, 2.05) is 6.92 Å². The smallest absolute Gasteiger partial charge is 0.193 e. The Morgan fingerprint density at radius 2 is 1.85 bits per heavy atom. The third kappa shape index (κ3) is 5.56. The van der Waals surface area contributed by atoms with Crippen LogP contribution in [0.25, 0.3) is 0 Å². The maximum atomic E-state index is 13.8. The van der Waals surface area contributed by atoms with Crippen molar-refractivity contribution in [1.82, 2.24) is 10.2 Å². The highest BCUT2D eigenvalue weighted by atomic mass is 127. The number of aliphatic imine (C=N–C) groups is 1. The van der Waals surface area contributed by atoms with E-state index in [-0.39, 0.29) is 41.2 Å². The first-order chi connectivity index (χ1) is 12.5. The number of rotatable bonds is 5. The summed E-state index contributed by atoms with van der Waals surface area (Å²) in [4.78, 5) is 6.54. The second-order valence-corrected chi connectivity index (χ2v) is 9.27. The van der Waals surface area contributed by atoms with Gasteiger partial charge in [-0.3, -0.25) is 4.99 Å². The Morgan fingerprint density at radius 3 is 2.44 bits per heavy atom. The molecule has 152 valence electrons. The molecule has 2 aliphatic rings. The summed E-state index contributed by atoms with van der Waals surface area (Å²) in [7, 11) is -3.67. The van der Waals surface area contributed by atoms with Crippen LogP contribution in [0.15, 0.2) is 34.2 Å². The van der Waals surface area contributed by atoms with Crippen molar-refractivity contribution in [2.24, 2.45) is 16.8 Å². The highest BCUT2D eigenvalue weighted by molar-refractivity contribution is 14.0. The molecule has 2 unspecified atom stereocenters. The van der Waals surface area contributed by atoms with Gasteiger partial charge < -0.3 is 10.2 Å². The van der Waals surface area contributed by atoms with E-state index < -0.39 is 15.7 Å². The molecule has 0 spiro atoms. The van der Waals surface area contributed by atoms with E-state index in [0.29, 0.717) is 0 Å². The molecule has 1 heterocycles. The van der Waals surface area contributed by atoms with E-state index in [9.17, 15) is 12.8 Å². The fourth-order valence-corrected chi connectivity index (χ4v) is 5.29. The molecule has 1 aromatic carbocycles. The minimum absolute atomic E-state index is 0. The normalized spacial score (nSPS) is 22.9. The lowest BCUT2D eigenvalue weighted by molar-refractivity contribution is 0.299. The van der Waals surface area contributed by atoms with Crippen LogP contribution in [0.2, 0.25) is 0 Å². The molecule has 3 rings (SSSR count). The van der Waals surface area contributed by atoms with Gasteiger partial charge in [0.25, 0.3) is 0 Å². The van der Waals surface area contributed by atoms with Crippen molar-refractivity contribution in [1.29, 1.82) is 0 Å². The van der Waals surface area contributed by atoms with Crippen LogP contribution in [0.4, 0.5) is 4.39 Å². The Labute approximate surface area is 178 Å². The van der Waals surface area contributed by atoms with E-state index in [0.717, 1.165) is 37.4 Å². The lowest BCUT2D eigenvalue weighted by Gasteiger charge is -2.22. The number of hydrogen-bond acceptors (Lipinski definition) is 3. The first kappa shape index (κ1) is 22.4. The SMILES string of the molecule is CCNC(=NCCS(=O)(=O)c1ccccc1F)N1CC2CCCCC2C1.I. The zero-order chi connectivity index (χ0) is 18.6. The molecule has 5 nitrogen and oxygen atoms in total. The van der Waals surface area contributed by atoms with Crippen LogP contribution < -0.4 is 5.32 Å². The van der Waals surface area contributed by atoms with Crippen molar-refractivity contribution >= 4 is 39.8 Å². The van der Waals surface area contributed by atoms with Gasteiger partial charge in [0.15, 0.2) is 15.8 Å². The summed E-state index contributed by atoms with van der Waals surface area (Å²) in [5.74, 6) is 1.35. The predicted molar refractivity (Wildman–Crippen MR) is 117 cm³/mol. The monoisotopic (exact) mass is 509 g/mol. The number of likely N-dealkylation sites (tertiary alicyclic amines) is 1. The molecule has 27 heavy (non-hydrogen) atoms. The number of sulfone groups is 1. The average molecular weight is 509 g/mol. The molecule has 0 radical (unpaired) electrons. The Balaban J connectivity index is 0.00000261. The molecular weight excluding hydrogens is 480 g/mol. The zero-order valence-electron chi connectivity index (χ0n) is 15.7. The fourth-order valence-electron chi connectivity index (χ4n) is 4.08. The molecule has 2 atom stereocenters. The predicted octanol–water partition coefficient (Wildman–Crippen LogP) is 3.30. The van der Waals surface area contributed by atoms with Crippen LogP contribution in [0.5, 0.6) is 0 Å². The van der Waals surface area contributed by atoms with Crippen molar-refractivity contribution in [2.45, 2.75) is 37.5 Å². The standard InChI is InChI=1S/C19H28FN3O2S.HI/c1-2-21-19(23-13-15-7-3-4-8-16(15)14-23)22-11-12-26(24,25)18-10-6-5-9-17(18)20;/h5-6,9-10,15-16H,2-4,7-8,11-14H2,1H3,(H,21,22);1H. The molecule has 1 saturated heterocycles. The Kier molecular flexibility index (Phi) is 8.33. The quantitative estimate of drug-likeness (QED) is 0.376. The largest absolute Gasteiger partial charge is 0.357 e. The summed E-state index contributed by atoms with van der Waals surface area (Å²) in [6.07, 6.45) is 5.18. The lowest BCUT2D eigenvalue weighted by Crippen LogP contribution is -2.40. The summed E-state index contributed by atoms with van der Waals surface area (Å²) in [5, 5.41) is 3.28. The van der Waals surface area contributed by atoms with Crippen molar-refractivity contribution < 1.29 is 12.8 Å². The maximum Gasteiger partial charge on any atom is 0.193 e. The maximum absolute atomic E-state index is 13.8. The van der Waals surface area contributed by atoms with E-state index in [2.05, 4.69) is 15.2 Å². The first-order valence-corrected chi connectivity index (χ1v) is 11.2. The van der Waals surface area contributed by atoms with Crippen LogP contribution in [-0.2, 0) is 9.84 Å². The molecule has 1 aliphatic heterocycles. The number of guanidine groups is 1. The van der Waals surface area contributed by atoms with Crippen molar-refractivity contribution in [2.75, 3.05) is 31.9 Å². The number of nitrogens with zero attached hydrogens (tertiary/aromatic N) is 2. The highest BCUT2D eigenvalue weighted by Crippen LogP contribution is 2.35. The number of benzene rings is 1. The topological polar surface area (TPSA) is 61.8 Å². The van der Waals surface area contributed by atoms with Gasteiger partial charge >= 0.3 is 0 Å². The second-order valence-electron chi connectivity index (χ2n) is 7.19. The van der Waals surface area contributed by atoms with Gasteiger partial charge in [0.1, 0.15) is 10.7 Å². The molecule has 0 aromatic heterocycles. The first-order valence-electron chi connectivity index (χ1n) is 9.52. The van der Waals surface area contributed by atoms with Gasteiger partial charge in [-0.05, 0) is 43.7 Å². The second kappa shape index (κ2) is 10.0. The lowest BCUT2D eigenvalue weighted by atomic mass is 9.82. The van der Waals surface area contributed by atoms with E-state index in [1.54, 1.807) is 0 Å². The van der Waals surface area contributed by atoms with Gasteiger partial charge in [0.2, 0.25) is 0 Å². The minimum atomic E-state index is -3.67. The minimum Gasteiger partial charge on any atom is -0.357 e. The van der Waals surface area contributed by atoms with Gasteiger partial charge in [-0.15, -0.1) is 24.0 Å². The molecular formula is C19H29FIN3O2S. The summed E-state index contributed by atoms with van der Waals surface area (Å²) in [5.41, 5.74) is 0. The molecule has 1 N–H and O–H groups in total. The zero-order valence-corrected chi connectivity index (χ0v) is 18.9. The van der Waals surface area contributed by atoms with Crippen LogP contribution in [0.1, 0.15) is 32.6 Å². The number of nitrogens with one attached hydrogen (secondary N) is 1. The summed E-state index contributed by atoms with van der Waals surface area (Å²) in [6, 6.07) is 5.51. The summed E-state index contributed by atoms with van der Waals surface area (Å²) >= 11 is 0. The van der Waals surface area contributed by atoms with Crippen molar-refractivity contribution in [3.05, 3.63) is 30.1 Å². The van der Waals surface area contributed by atoms with Gasteiger partial charge in [0.05, 0.1) is 12.3 Å². The number of hydrogen-bond donors (Lipinski definition) is 1. The molecule has 1 aliphatic carbocycles. The van der Waals surface area contributed by atoms with Crippen molar-refractivity contribution in [3.63, 3.8) is 0 Å². The number of fused-ring (bicyclic) bond motifs is 1. The molecule has 0 bridgehead atoms. The van der Waals surface area contributed by atoms with Crippen LogP contribution in [0.3, 0.4) is 0 Å². The molecule has 0 amide bonds. The van der Waals surface area contributed by atoms with E-state index in [1.165, 1.54) is 49.9 Å². The molecule has 1 saturated carbocycles. The molecule has 1 aromatic rings. The Hall–Kier alpha value is -0.900. The third-order valence-electron chi connectivity index (χ3n) is 5.40. The molecule has 8 heteroatoms. The van der Waals surface area contributed by atoms with Crippen molar-refractivity contribution in [3.8, 4) is 0 Å². The van der Waals surface area contributed by atoms with Gasteiger partial charge in [-0.25, -0.2) is 12.8 Å². The number of halogens is 2.